The highest BCUT2D eigenvalue weighted by molar-refractivity contribution is 6.18. The molecule has 0 aromatic carbocycles. The van der Waals surface area contributed by atoms with Gasteiger partial charge in [0.25, 0.3) is 0 Å². The van der Waals surface area contributed by atoms with Crippen molar-refractivity contribution >= 4 is 23.2 Å². The molecule has 4 atom stereocenters. The Morgan fingerprint density at radius 2 is 1.06 bits per heavy atom. The van der Waals surface area contributed by atoms with Gasteiger partial charge in [0, 0.05) is 37.9 Å². The summed E-state index contributed by atoms with van der Waals surface area (Å²) in [4.78, 5) is 0. The number of hydrogen-bond donors (Lipinski definition) is 6. The monoisotopic (exact) mass is 304 g/mol. The Hall–Kier alpha value is 0.340. The van der Waals surface area contributed by atoms with E-state index in [0.717, 1.165) is 0 Å². The first kappa shape index (κ1) is 18.3. The zero-order valence-electron chi connectivity index (χ0n) is 10.1. The van der Waals surface area contributed by atoms with Crippen LogP contribution < -0.4 is 10.6 Å². The molecule has 0 saturated carbocycles. The summed E-state index contributed by atoms with van der Waals surface area (Å²) in [5.41, 5.74) is 0. The summed E-state index contributed by atoms with van der Waals surface area (Å²) in [6, 6.07) is 0. The number of rotatable bonds is 11. The van der Waals surface area contributed by atoms with Crippen molar-refractivity contribution in [3.63, 3.8) is 0 Å². The molecule has 0 radical (unpaired) electrons. The Labute approximate surface area is 117 Å². The van der Waals surface area contributed by atoms with Crippen molar-refractivity contribution in [1.29, 1.82) is 0 Å². The van der Waals surface area contributed by atoms with E-state index in [2.05, 4.69) is 10.6 Å². The zero-order chi connectivity index (χ0) is 14.0. The fourth-order valence-corrected chi connectivity index (χ4v) is 1.60. The van der Waals surface area contributed by atoms with Crippen molar-refractivity contribution in [3.05, 3.63) is 0 Å². The molecule has 0 aliphatic rings. The molecular weight excluding hydrogens is 283 g/mol. The minimum atomic E-state index is -1.43. The van der Waals surface area contributed by atoms with Crippen molar-refractivity contribution in [3.8, 4) is 0 Å². The van der Waals surface area contributed by atoms with Crippen LogP contribution in [0.3, 0.4) is 0 Å². The van der Waals surface area contributed by atoms with Crippen LogP contribution in [-0.4, -0.2) is 82.8 Å². The molecule has 0 spiro atoms. The number of alkyl halides is 2. The fourth-order valence-electron chi connectivity index (χ4n) is 1.33. The first-order valence-electron chi connectivity index (χ1n) is 5.80. The number of nitrogens with one attached hydrogen (secondary N) is 2. The quantitative estimate of drug-likeness (QED) is 0.197. The van der Waals surface area contributed by atoms with Crippen LogP contribution in [0.15, 0.2) is 0 Å². The molecule has 0 aliphatic carbocycles. The summed E-state index contributed by atoms with van der Waals surface area (Å²) in [6.07, 6.45) is -5.21. The average Bonchev–Trinajstić information content (AvgIpc) is 2.37. The summed E-state index contributed by atoms with van der Waals surface area (Å²) in [5, 5.41) is 44.0. The van der Waals surface area contributed by atoms with Crippen molar-refractivity contribution < 1.29 is 20.4 Å². The second-order valence-corrected chi connectivity index (χ2v) is 4.66. The maximum Gasteiger partial charge on any atom is 0.110 e. The standard InChI is InChI=1S/C10H22Cl2N2O4/c11-1-3-13-5-7(15)9(17)10(18)8(16)6-14-4-2-12/h7-10,13-18H,1-6H2/t7-,8+,9-,10-/m1/s1. The maximum atomic E-state index is 9.63. The lowest BCUT2D eigenvalue weighted by molar-refractivity contribution is -0.102. The van der Waals surface area contributed by atoms with Crippen LogP contribution in [-0.2, 0) is 0 Å². The van der Waals surface area contributed by atoms with Gasteiger partial charge in [-0.05, 0) is 0 Å². The van der Waals surface area contributed by atoms with Gasteiger partial charge in [-0.2, -0.15) is 0 Å². The Morgan fingerprint density at radius 1 is 0.722 bits per heavy atom. The van der Waals surface area contributed by atoms with Gasteiger partial charge in [-0.3, -0.25) is 0 Å². The Bertz CT molecular complexity index is 183. The Kier molecular flexibility index (Phi) is 11.4. The van der Waals surface area contributed by atoms with E-state index in [1.54, 1.807) is 0 Å². The van der Waals surface area contributed by atoms with E-state index in [4.69, 9.17) is 23.2 Å². The molecule has 0 fully saturated rings. The molecule has 0 heterocycles. The van der Waals surface area contributed by atoms with Gasteiger partial charge in [0.05, 0.1) is 12.2 Å². The molecule has 0 bridgehead atoms. The third-order valence-electron chi connectivity index (χ3n) is 2.39. The molecule has 6 nitrogen and oxygen atoms in total. The molecule has 0 amide bonds. The van der Waals surface area contributed by atoms with Gasteiger partial charge < -0.3 is 31.1 Å². The summed E-state index contributed by atoms with van der Waals surface area (Å²) in [5.74, 6) is 0.771. The number of aliphatic hydroxyl groups is 4. The summed E-state index contributed by atoms with van der Waals surface area (Å²) in [6.45, 7) is 1.15. The maximum absolute atomic E-state index is 9.63. The smallest absolute Gasteiger partial charge is 0.110 e. The third-order valence-corrected chi connectivity index (χ3v) is 2.77. The molecule has 0 aromatic heterocycles. The molecule has 0 rings (SSSR count). The van der Waals surface area contributed by atoms with Crippen LogP contribution in [0.1, 0.15) is 0 Å². The number of hydrogen-bond acceptors (Lipinski definition) is 6. The van der Waals surface area contributed by atoms with E-state index in [9.17, 15) is 20.4 Å². The first-order valence-corrected chi connectivity index (χ1v) is 6.87. The molecule has 0 saturated heterocycles. The summed E-state index contributed by atoms with van der Waals surface area (Å²) < 4.78 is 0. The van der Waals surface area contributed by atoms with Crippen molar-refractivity contribution in [2.24, 2.45) is 0 Å². The van der Waals surface area contributed by atoms with Crippen LogP contribution in [0.5, 0.6) is 0 Å². The lowest BCUT2D eigenvalue weighted by Crippen LogP contribution is -2.50. The second kappa shape index (κ2) is 11.2. The van der Waals surface area contributed by atoms with E-state index in [1.165, 1.54) is 0 Å². The lowest BCUT2D eigenvalue weighted by atomic mass is 10.0. The van der Waals surface area contributed by atoms with Crippen molar-refractivity contribution in [2.75, 3.05) is 37.9 Å². The SMILES string of the molecule is O[C@@H]([C@H](O)[C@@H](O)CNCCCl)[C@H](O)CNCCCl. The molecular formula is C10H22Cl2N2O4. The summed E-state index contributed by atoms with van der Waals surface area (Å²) in [7, 11) is 0. The molecule has 8 heteroatoms. The van der Waals surface area contributed by atoms with Crippen LogP contribution in [0.2, 0.25) is 0 Å². The lowest BCUT2D eigenvalue weighted by Gasteiger charge is -2.26. The topological polar surface area (TPSA) is 105 Å². The molecule has 6 N–H and O–H groups in total. The van der Waals surface area contributed by atoms with E-state index >= 15 is 0 Å². The largest absolute Gasteiger partial charge is 0.389 e. The van der Waals surface area contributed by atoms with Crippen LogP contribution in [0.25, 0.3) is 0 Å². The van der Waals surface area contributed by atoms with E-state index in [0.29, 0.717) is 24.8 Å². The van der Waals surface area contributed by atoms with E-state index in [1.807, 2.05) is 0 Å². The first-order chi connectivity index (χ1) is 8.54. The number of aliphatic hydroxyl groups excluding tert-OH is 4. The summed E-state index contributed by atoms with van der Waals surface area (Å²) >= 11 is 10.9. The van der Waals surface area contributed by atoms with Gasteiger partial charge in [0.15, 0.2) is 0 Å². The third kappa shape index (κ3) is 7.70. The van der Waals surface area contributed by atoms with Gasteiger partial charge in [0.1, 0.15) is 12.2 Å². The highest BCUT2D eigenvalue weighted by Gasteiger charge is 2.29. The molecule has 0 aromatic rings. The van der Waals surface area contributed by atoms with Gasteiger partial charge in [-0.1, -0.05) is 0 Å². The second-order valence-electron chi connectivity index (χ2n) is 3.90. The normalized spacial score (nSPS) is 18.3. The molecule has 110 valence electrons. The Morgan fingerprint density at radius 3 is 1.33 bits per heavy atom. The van der Waals surface area contributed by atoms with E-state index < -0.39 is 24.4 Å². The minimum Gasteiger partial charge on any atom is -0.389 e. The minimum absolute atomic E-state index is 0.0901. The highest BCUT2D eigenvalue weighted by atomic mass is 35.5. The van der Waals surface area contributed by atoms with Crippen LogP contribution in [0, 0.1) is 0 Å². The fraction of sp³-hybridized carbons (Fsp3) is 1.00. The van der Waals surface area contributed by atoms with Gasteiger partial charge in [-0.25, -0.2) is 0 Å². The van der Waals surface area contributed by atoms with Gasteiger partial charge >= 0.3 is 0 Å². The zero-order valence-corrected chi connectivity index (χ0v) is 11.6. The van der Waals surface area contributed by atoms with E-state index in [-0.39, 0.29) is 13.1 Å². The Balaban J connectivity index is 3.93. The molecule has 18 heavy (non-hydrogen) atoms. The predicted molar refractivity (Wildman–Crippen MR) is 71.2 cm³/mol. The van der Waals surface area contributed by atoms with Crippen molar-refractivity contribution in [1.82, 2.24) is 10.6 Å². The van der Waals surface area contributed by atoms with Gasteiger partial charge in [-0.15, -0.1) is 23.2 Å². The molecule has 0 unspecified atom stereocenters. The van der Waals surface area contributed by atoms with Crippen LogP contribution in [0.4, 0.5) is 0 Å². The highest BCUT2D eigenvalue weighted by Crippen LogP contribution is 2.04. The number of halogens is 2. The molecule has 0 aliphatic heterocycles. The van der Waals surface area contributed by atoms with Gasteiger partial charge in [0.2, 0.25) is 0 Å². The average molecular weight is 305 g/mol. The van der Waals surface area contributed by atoms with Crippen molar-refractivity contribution in [2.45, 2.75) is 24.4 Å². The van der Waals surface area contributed by atoms with Crippen LogP contribution >= 0.6 is 23.2 Å². The predicted octanol–water partition coefficient (Wildman–Crippen LogP) is -1.91.